The predicted octanol–water partition coefficient (Wildman–Crippen LogP) is 2.74. The monoisotopic (exact) mass is 397 g/mol. The molecule has 1 saturated heterocycles. The van der Waals surface area contributed by atoms with Crippen LogP contribution in [0, 0.1) is 11.8 Å². The Balaban J connectivity index is 1.25. The van der Waals surface area contributed by atoms with Gasteiger partial charge in [-0.15, -0.1) is 11.3 Å². The lowest BCUT2D eigenvalue weighted by Crippen LogP contribution is -2.34. The quantitative estimate of drug-likeness (QED) is 0.523. The van der Waals surface area contributed by atoms with Crippen LogP contribution in [0.5, 0.6) is 0 Å². The van der Waals surface area contributed by atoms with Gasteiger partial charge in [0.2, 0.25) is 5.95 Å². The zero-order valence-electron chi connectivity index (χ0n) is 14.9. The number of aromatic amines is 1. The van der Waals surface area contributed by atoms with Crippen LogP contribution in [-0.4, -0.2) is 50.5 Å². The lowest BCUT2D eigenvalue weighted by Gasteiger charge is -2.20. The van der Waals surface area contributed by atoms with E-state index in [9.17, 15) is 4.79 Å². The van der Waals surface area contributed by atoms with Gasteiger partial charge < -0.3 is 20.6 Å². The van der Waals surface area contributed by atoms with Crippen LogP contribution in [0.25, 0.3) is 10.2 Å². The van der Waals surface area contributed by atoms with E-state index in [1.807, 2.05) is 11.4 Å². The first-order valence-electron chi connectivity index (χ1n) is 9.47. The Labute approximate surface area is 164 Å². The maximum absolute atomic E-state index is 10.9. The summed E-state index contributed by atoms with van der Waals surface area (Å²) < 4.78 is 1.01. The lowest BCUT2D eigenvalue weighted by atomic mass is 10.3. The van der Waals surface area contributed by atoms with Gasteiger partial charge in [-0.3, -0.25) is 5.10 Å². The van der Waals surface area contributed by atoms with Crippen LogP contribution in [-0.2, 0) is 0 Å². The van der Waals surface area contributed by atoms with Crippen LogP contribution < -0.4 is 15.5 Å². The third-order valence-corrected chi connectivity index (χ3v) is 6.83. The number of anilines is 3. The highest BCUT2D eigenvalue weighted by atomic mass is 32.1. The number of H-pyrrole nitrogens is 1. The van der Waals surface area contributed by atoms with E-state index in [2.05, 4.69) is 31.8 Å². The molecule has 0 aromatic carbocycles. The van der Waals surface area contributed by atoms with Gasteiger partial charge in [0.15, 0.2) is 11.6 Å². The Kier molecular flexibility index (Phi) is 3.34. The van der Waals surface area contributed by atoms with Gasteiger partial charge in [0.25, 0.3) is 0 Å². The third-order valence-electron chi connectivity index (χ3n) is 5.92. The van der Waals surface area contributed by atoms with Crippen molar-refractivity contribution in [2.45, 2.75) is 24.8 Å². The van der Waals surface area contributed by atoms with E-state index in [0.29, 0.717) is 23.7 Å². The smallest absolute Gasteiger partial charge is 0.404 e. The number of thiophene rings is 1. The van der Waals surface area contributed by atoms with Crippen LogP contribution in [0.2, 0.25) is 0 Å². The molecular formula is C18H19N7O2S. The standard InChI is InChI=1S/C18H19N7O2S/c26-18(27)21-14-9-6-25(7-10(9)14)17-19-11-3-4-28-15(11)16(22-17)20-13-5-12(23-24-13)8-1-2-8/h3-5,8-10,14,21H,1-2,6-7H2,(H,26,27)(H2,19,20,22,23,24)/t9-,10+,14?. The van der Waals surface area contributed by atoms with Crippen molar-refractivity contribution in [1.82, 2.24) is 25.5 Å². The van der Waals surface area contributed by atoms with Crippen molar-refractivity contribution < 1.29 is 9.90 Å². The van der Waals surface area contributed by atoms with Gasteiger partial charge in [-0.05, 0) is 24.3 Å². The predicted molar refractivity (Wildman–Crippen MR) is 105 cm³/mol. The molecule has 0 bridgehead atoms. The molecule has 2 saturated carbocycles. The SMILES string of the molecule is O=C(O)NC1[C@H]2CN(c3nc(Nc4cc(C5CC5)[nH]n4)c4sccc4n3)C[C@@H]12. The van der Waals surface area contributed by atoms with Crippen molar-refractivity contribution in [3.05, 3.63) is 23.2 Å². The first-order chi connectivity index (χ1) is 13.7. The summed E-state index contributed by atoms with van der Waals surface area (Å²) in [5, 5.41) is 24.4. The minimum absolute atomic E-state index is 0.0705. The number of rotatable bonds is 5. The molecule has 28 heavy (non-hydrogen) atoms. The molecule has 1 unspecified atom stereocenters. The van der Waals surface area contributed by atoms with Crippen LogP contribution >= 0.6 is 11.3 Å². The van der Waals surface area contributed by atoms with Gasteiger partial charge in [0.1, 0.15) is 0 Å². The molecule has 3 aromatic heterocycles. The van der Waals surface area contributed by atoms with E-state index in [1.54, 1.807) is 11.3 Å². The van der Waals surface area contributed by atoms with Gasteiger partial charge >= 0.3 is 6.09 Å². The maximum Gasteiger partial charge on any atom is 0.404 e. The molecule has 144 valence electrons. The van der Waals surface area contributed by atoms with Crippen LogP contribution in [0.3, 0.4) is 0 Å². The Morgan fingerprint density at radius 3 is 2.86 bits per heavy atom. The summed E-state index contributed by atoms with van der Waals surface area (Å²) in [4.78, 5) is 22.5. The van der Waals surface area contributed by atoms with E-state index >= 15 is 0 Å². The zero-order valence-corrected chi connectivity index (χ0v) is 15.7. The van der Waals surface area contributed by atoms with Gasteiger partial charge in [0.05, 0.1) is 10.2 Å². The third kappa shape index (κ3) is 2.67. The lowest BCUT2D eigenvalue weighted by molar-refractivity contribution is 0.192. The number of hydrogen-bond acceptors (Lipinski definition) is 7. The maximum atomic E-state index is 10.9. The van der Waals surface area contributed by atoms with E-state index in [-0.39, 0.29) is 6.04 Å². The van der Waals surface area contributed by atoms with Crippen molar-refractivity contribution in [3.8, 4) is 0 Å². The molecule has 0 spiro atoms. The fourth-order valence-electron chi connectivity index (χ4n) is 4.25. The molecule has 4 N–H and O–H groups in total. The second kappa shape index (κ2) is 5.81. The Morgan fingerprint density at radius 2 is 2.11 bits per heavy atom. The Bertz CT molecular complexity index is 1060. The highest BCUT2D eigenvalue weighted by molar-refractivity contribution is 7.17. The van der Waals surface area contributed by atoms with Crippen LogP contribution in [0.4, 0.5) is 22.4 Å². The van der Waals surface area contributed by atoms with Crippen molar-refractivity contribution in [2.75, 3.05) is 23.3 Å². The number of carboxylic acid groups (broad SMARTS) is 1. The van der Waals surface area contributed by atoms with Gasteiger partial charge in [0, 0.05) is 48.6 Å². The number of fused-ring (bicyclic) bond motifs is 2. The minimum atomic E-state index is -0.946. The van der Waals surface area contributed by atoms with Crippen LogP contribution in [0.15, 0.2) is 17.5 Å². The number of aromatic nitrogens is 4. The van der Waals surface area contributed by atoms with Gasteiger partial charge in [-0.1, -0.05) is 0 Å². The van der Waals surface area contributed by atoms with Crippen molar-refractivity contribution >= 4 is 45.2 Å². The first-order valence-corrected chi connectivity index (χ1v) is 10.4. The van der Waals surface area contributed by atoms with E-state index in [4.69, 9.17) is 15.1 Å². The average Bonchev–Trinajstić information content (AvgIpc) is 3.38. The summed E-state index contributed by atoms with van der Waals surface area (Å²) in [6.07, 6.45) is 1.51. The second-order valence-corrected chi connectivity index (χ2v) is 8.74. The summed E-state index contributed by atoms with van der Waals surface area (Å²) in [6, 6.07) is 4.13. The molecule has 10 heteroatoms. The van der Waals surface area contributed by atoms with E-state index < -0.39 is 6.09 Å². The molecular weight excluding hydrogens is 378 g/mol. The zero-order chi connectivity index (χ0) is 18.8. The van der Waals surface area contributed by atoms with Crippen molar-refractivity contribution in [2.24, 2.45) is 11.8 Å². The van der Waals surface area contributed by atoms with Crippen molar-refractivity contribution in [3.63, 3.8) is 0 Å². The summed E-state index contributed by atoms with van der Waals surface area (Å²) in [7, 11) is 0. The molecule has 1 amide bonds. The van der Waals surface area contributed by atoms with E-state index in [0.717, 1.165) is 34.9 Å². The normalized spacial score (nSPS) is 25.7. The minimum Gasteiger partial charge on any atom is -0.465 e. The topological polar surface area (TPSA) is 119 Å². The molecule has 0 radical (unpaired) electrons. The molecule has 2 aliphatic carbocycles. The first kappa shape index (κ1) is 16.1. The highest BCUT2D eigenvalue weighted by Gasteiger charge is 2.57. The summed E-state index contributed by atoms with van der Waals surface area (Å²) in [5.74, 6) is 3.55. The number of hydrogen-bond donors (Lipinski definition) is 4. The Morgan fingerprint density at radius 1 is 1.29 bits per heavy atom. The van der Waals surface area contributed by atoms with E-state index in [1.165, 1.54) is 18.5 Å². The number of carbonyl (C=O) groups is 1. The molecule has 1 aliphatic heterocycles. The largest absolute Gasteiger partial charge is 0.465 e. The second-order valence-electron chi connectivity index (χ2n) is 7.82. The molecule has 9 nitrogen and oxygen atoms in total. The number of amides is 1. The Hall–Kier alpha value is -2.88. The summed E-state index contributed by atoms with van der Waals surface area (Å²) in [6.45, 7) is 1.55. The highest BCUT2D eigenvalue weighted by Crippen LogP contribution is 2.46. The van der Waals surface area contributed by atoms with Crippen LogP contribution in [0.1, 0.15) is 24.5 Å². The summed E-state index contributed by atoms with van der Waals surface area (Å²) >= 11 is 1.61. The molecule has 3 aromatic rings. The fraction of sp³-hybridized carbons (Fsp3) is 0.444. The average molecular weight is 397 g/mol. The number of nitrogens with one attached hydrogen (secondary N) is 3. The molecule has 6 rings (SSSR count). The fourth-order valence-corrected chi connectivity index (χ4v) is 5.02. The molecule has 3 aliphatic rings. The van der Waals surface area contributed by atoms with Gasteiger partial charge in [-0.2, -0.15) is 10.1 Å². The van der Waals surface area contributed by atoms with Crippen molar-refractivity contribution in [1.29, 1.82) is 0 Å². The molecule has 3 atom stereocenters. The van der Waals surface area contributed by atoms with Gasteiger partial charge in [-0.25, -0.2) is 9.78 Å². The number of nitrogens with zero attached hydrogens (tertiary/aromatic N) is 4. The molecule has 4 heterocycles. The number of piperidine rings is 1. The molecule has 3 fully saturated rings. The summed E-state index contributed by atoms with van der Waals surface area (Å²) in [5.41, 5.74) is 2.09.